The molecule has 280 valence electrons. The van der Waals surface area contributed by atoms with Gasteiger partial charge in [-0.25, -0.2) is 0 Å². The Labute approximate surface area is 369 Å². The summed E-state index contributed by atoms with van der Waals surface area (Å²) < 4.78 is 3.01. The van der Waals surface area contributed by atoms with Crippen molar-refractivity contribution in [2.24, 2.45) is 0 Å². The first-order valence-corrected chi connectivity index (χ1v) is 21.7. The first kappa shape index (κ1) is 46.3. The van der Waals surface area contributed by atoms with Crippen LogP contribution in [-0.2, 0) is 61.3 Å². The molecule has 0 spiro atoms. The van der Waals surface area contributed by atoms with Gasteiger partial charge in [0.1, 0.15) is 0 Å². The summed E-state index contributed by atoms with van der Waals surface area (Å²) in [5, 5.41) is 0. The quantitative estimate of drug-likeness (QED) is 0.153. The Morgan fingerprint density at radius 3 is 1.19 bits per heavy atom. The van der Waals surface area contributed by atoms with Crippen LogP contribution in [0.5, 0.6) is 0 Å². The third-order valence-corrected chi connectivity index (χ3v) is 10.1. The van der Waals surface area contributed by atoms with E-state index < -0.39 is 0 Å². The van der Waals surface area contributed by atoms with E-state index in [4.69, 9.17) is 0 Å². The molecule has 0 fully saturated rings. The molecule has 4 heteroatoms. The van der Waals surface area contributed by atoms with Crippen LogP contribution in [0.25, 0.3) is 33.4 Å². The zero-order chi connectivity index (χ0) is 37.4. The summed E-state index contributed by atoms with van der Waals surface area (Å²) in [4.78, 5) is 0. The molecule has 4 aliphatic carbocycles. The fourth-order valence-electron chi connectivity index (χ4n) is 7.94. The average Bonchev–Trinajstić information content (AvgIpc) is 3.92. The summed E-state index contributed by atoms with van der Waals surface area (Å²) in [5.41, 5.74) is 22.9. The summed E-state index contributed by atoms with van der Waals surface area (Å²) in [5.74, 6) is 0. The molecule has 4 aromatic carbocycles. The smallest absolute Gasteiger partial charge is 1.00 e. The van der Waals surface area contributed by atoms with Crippen molar-refractivity contribution in [1.82, 2.24) is 0 Å². The van der Waals surface area contributed by atoms with Crippen LogP contribution < -0.4 is 24.8 Å². The Morgan fingerprint density at radius 2 is 0.852 bits per heavy atom. The molecule has 4 aliphatic rings. The molecule has 0 nitrogen and oxygen atoms in total. The molecule has 0 N–H and O–H groups in total. The molecule has 0 saturated carbocycles. The van der Waals surface area contributed by atoms with Gasteiger partial charge in [0.05, 0.1) is 0 Å². The SMILES string of the molecule is CCC1=CCC(c2[c-]c3c(cc2)-c2ccccc2C3)=C1CC.CCC1=CCC(c2[c-]c3c(cc2)-c2ccccc2C3)=C1CC.C[C](C)=[Zr].C[C](C)=[Zr].[Cl-].[Cl-]. The minimum absolute atomic E-state index is 0. The number of hydrogen-bond acceptors (Lipinski definition) is 0. The van der Waals surface area contributed by atoms with Gasteiger partial charge < -0.3 is 24.8 Å². The zero-order valence-corrected chi connectivity index (χ0v) is 39.9. The van der Waals surface area contributed by atoms with E-state index in [0.717, 1.165) is 51.4 Å². The Hall–Kier alpha value is -2.07. The predicted octanol–water partition coefficient (Wildman–Crippen LogP) is 7.42. The topological polar surface area (TPSA) is 0 Å². The summed E-state index contributed by atoms with van der Waals surface area (Å²) in [6.45, 7) is 17.6. The van der Waals surface area contributed by atoms with Crippen molar-refractivity contribution < 1.29 is 73.3 Å². The normalized spacial score (nSPS) is 13.8. The number of fused-ring (bicyclic) bond motifs is 6. The number of rotatable bonds is 6. The van der Waals surface area contributed by atoms with Crippen molar-refractivity contribution in [2.45, 2.75) is 107 Å². The van der Waals surface area contributed by atoms with Gasteiger partial charge in [0.2, 0.25) is 0 Å². The van der Waals surface area contributed by atoms with Gasteiger partial charge >= 0.3 is 82.6 Å². The molecule has 54 heavy (non-hydrogen) atoms. The third kappa shape index (κ3) is 11.1. The maximum absolute atomic E-state index is 3.73. The van der Waals surface area contributed by atoms with E-state index in [-0.39, 0.29) is 24.8 Å². The number of allylic oxidation sites excluding steroid dienone is 8. The molecule has 0 bridgehead atoms. The van der Waals surface area contributed by atoms with Crippen LogP contribution in [0.1, 0.15) is 127 Å². The maximum Gasteiger partial charge on any atom is -1.00 e. The van der Waals surface area contributed by atoms with Gasteiger partial charge in [0.25, 0.3) is 0 Å². The second kappa shape index (κ2) is 22.0. The van der Waals surface area contributed by atoms with Crippen molar-refractivity contribution in [3.63, 3.8) is 0 Å². The molecule has 4 aromatic rings. The van der Waals surface area contributed by atoms with Crippen LogP contribution in [0.4, 0.5) is 0 Å². The van der Waals surface area contributed by atoms with E-state index in [1.54, 1.807) is 59.6 Å². The second-order valence-corrected chi connectivity index (χ2v) is 19.3. The minimum Gasteiger partial charge on any atom is -1.00 e. The van der Waals surface area contributed by atoms with Crippen LogP contribution in [0, 0.1) is 12.1 Å². The fourth-order valence-corrected chi connectivity index (χ4v) is 7.94. The molecule has 0 heterocycles. The first-order valence-electron chi connectivity index (χ1n) is 19.2. The molecule has 0 unspecified atom stereocenters. The first-order chi connectivity index (χ1) is 25.1. The molecule has 0 atom stereocenters. The standard InChI is InChI=1S/2C22H21.2C3H6.2ClH.2Zr/c2*1-3-15-9-11-21(19(15)4-2)17-10-12-22-18(14-17)13-16-7-5-6-8-20(16)22;2*1-3-2;;;;/h2*5-10,12H,3-4,11,13H2,1-2H3;2*1-2H3;2*1H;;/q2*-1;;;;;;/p-2. The van der Waals surface area contributed by atoms with E-state index in [1.165, 1.54) is 84.3 Å². The predicted molar refractivity (Wildman–Crippen MR) is 220 cm³/mol. The van der Waals surface area contributed by atoms with Crippen molar-refractivity contribution in [2.75, 3.05) is 0 Å². The molecule has 0 amide bonds. The van der Waals surface area contributed by atoms with Gasteiger partial charge in [-0.05, 0) is 62.5 Å². The van der Waals surface area contributed by atoms with Crippen molar-refractivity contribution in [3.8, 4) is 22.3 Å². The van der Waals surface area contributed by atoms with Gasteiger partial charge in [-0.3, -0.25) is 0 Å². The van der Waals surface area contributed by atoms with Crippen LogP contribution in [0.3, 0.4) is 0 Å². The summed E-state index contributed by atoms with van der Waals surface area (Å²) >= 11 is 3.11. The van der Waals surface area contributed by atoms with Crippen molar-refractivity contribution >= 4 is 17.6 Å². The Morgan fingerprint density at radius 1 is 0.500 bits per heavy atom. The summed E-state index contributed by atoms with van der Waals surface area (Å²) in [7, 11) is 0. The van der Waals surface area contributed by atoms with Gasteiger partial charge in [0, 0.05) is 0 Å². The van der Waals surface area contributed by atoms with E-state index in [0.29, 0.717) is 0 Å². The number of hydrogen-bond donors (Lipinski definition) is 0. The number of halogens is 2. The van der Waals surface area contributed by atoms with E-state index in [2.05, 4.69) is 152 Å². The van der Waals surface area contributed by atoms with Crippen LogP contribution >= 0.6 is 0 Å². The van der Waals surface area contributed by atoms with Gasteiger partial charge in [-0.1, -0.05) is 133 Å². The Kier molecular flexibility index (Phi) is 18.9. The Bertz CT molecular complexity index is 1950. The molecular weight excluding hydrogens is 854 g/mol. The summed E-state index contributed by atoms with van der Waals surface area (Å²) in [6, 6.07) is 34.1. The maximum atomic E-state index is 3.73. The largest absolute Gasteiger partial charge is 1.00 e. The molecule has 0 aliphatic heterocycles. The van der Waals surface area contributed by atoms with Gasteiger partial charge in [-0.2, -0.15) is 0 Å². The third-order valence-electron chi connectivity index (χ3n) is 10.1. The van der Waals surface area contributed by atoms with Gasteiger partial charge in [0.15, 0.2) is 0 Å². The molecule has 8 rings (SSSR count). The van der Waals surface area contributed by atoms with Crippen LogP contribution in [-0.4, -0.2) is 6.41 Å². The zero-order valence-electron chi connectivity index (χ0n) is 33.5. The monoisotopic (exact) mass is 904 g/mol. The van der Waals surface area contributed by atoms with Gasteiger partial charge in [-0.15, -0.1) is 69.8 Å². The number of benzene rings is 4. The minimum atomic E-state index is 0. The van der Waals surface area contributed by atoms with Crippen LogP contribution in [0.15, 0.2) is 107 Å². The molecular formula is C50H54Cl2Zr2-4. The van der Waals surface area contributed by atoms with Crippen molar-refractivity contribution in [1.29, 1.82) is 0 Å². The Balaban J connectivity index is 0.000000236. The van der Waals surface area contributed by atoms with E-state index in [1.807, 2.05) is 0 Å². The van der Waals surface area contributed by atoms with Crippen LogP contribution in [0.2, 0.25) is 0 Å². The molecule has 0 aromatic heterocycles. The average molecular weight is 908 g/mol. The fraction of sp³-hybridized carbons (Fsp3) is 0.320. The van der Waals surface area contributed by atoms with E-state index in [9.17, 15) is 0 Å². The molecule has 0 radical (unpaired) electrons. The summed E-state index contributed by atoms with van der Waals surface area (Å²) in [6.07, 6.45) is 13.6. The second-order valence-electron chi connectivity index (χ2n) is 14.4. The van der Waals surface area contributed by atoms with E-state index >= 15 is 0 Å². The van der Waals surface area contributed by atoms with Crippen molar-refractivity contribution in [3.05, 3.63) is 153 Å². The molecule has 0 saturated heterocycles.